The predicted octanol–water partition coefficient (Wildman–Crippen LogP) is 7.60. The van der Waals surface area contributed by atoms with E-state index in [0.717, 1.165) is 17.0 Å². The van der Waals surface area contributed by atoms with E-state index < -0.39 is 6.89 Å². The quantitative estimate of drug-likeness (QED) is 0.453. The topological polar surface area (TPSA) is 0 Å². The van der Waals surface area contributed by atoms with Crippen molar-refractivity contribution < 1.29 is 0 Å². The van der Waals surface area contributed by atoms with Gasteiger partial charge in [0.2, 0.25) is 0 Å². The lowest BCUT2D eigenvalue weighted by Gasteiger charge is -2.50. The van der Waals surface area contributed by atoms with E-state index >= 15 is 0 Å². The van der Waals surface area contributed by atoms with Gasteiger partial charge in [0, 0.05) is 0 Å². The summed E-state index contributed by atoms with van der Waals surface area (Å²) < 4.78 is 0. The van der Waals surface area contributed by atoms with Crippen molar-refractivity contribution in [2.24, 2.45) is 0 Å². The van der Waals surface area contributed by atoms with Crippen LogP contribution in [0.25, 0.3) is 0 Å². The van der Waals surface area contributed by atoms with Gasteiger partial charge in [-0.2, -0.15) is 0 Å². The zero-order chi connectivity index (χ0) is 16.0. The lowest BCUT2D eigenvalue weighted by Crippen LogP contribution is -2.32. The third-order valence-corrected chi connectivity index (χ3v) is 13.6. The molecule has 0 radical (unpaired) electrons. The molecule has 3 aliphatic carbocycles. The average molecular weight is 337 g/mol. The average Bonchev–Trinajstić information content (AvgIpc) is 2.65. The molecular formula is C22H41P. The summed E-state index contributed by atoms with van der Waals surface area (Å²) in [5.74, 6) is 3.05. The van der Waals surface area contributed by atoms with Crippen LogP contribution >= 0.6 is 6.89 Å². The van der Waals surface area contributed by atoms with Gasteiger partial charge in [-0.05, 0) is 61.9 Å². The number of unbranched alkanes of at least 4 members (excludes halogenated alkanes) is 1. The van der Waals surface area contributed by atoms with E-state index in [1.165, 1.54) is 32.1 Å². The summed E-state index contributed by atoms with van der Waals surface area (Å²) in [5, 5.41) is 0. The summed E-state index contributed by atoms with van der Waals surface area (Å²) in [6.45, 7) is 1.55. The van der Waals surface area contributed by atoms with Crippen molar-refractivity contribution in [2.75, 3.05) is 0 Å². The molecule has 0 heterocycles. The molecule has 0 nitrogen and oxygen atoms in total. The molecule has 134 valence electrons. The smallest absolute Gasteiger partial charge is 0.0208 e. The number of hydrogen-bond acceptors (Lipinski definition) is 0. The Bertz CT molecular complexity index is 326. The largest absolute Gasteiger partial charge is 0.1000 e. The Morgan fingerprint density at radius 1 is 0.609 bits per heavy atom. The van der Waals surface area contributed by atoms with Gasteiger partial charge in [-0.3, -0.25) is 0 Å². The fraction of sp³-hybridized carbons (Fsp3) is 0.955. The normalized spacial score (nSPS) is 26.3. The van der Waals surface area contributed by atoms with Crippen molar-refractivity contribution in [2.45, 2.75) is 133 Å². The molecule has 23 heavy (non-hydrogen) atoms. The van der Waals surface area contributed by atoms with E-state index in [4.69, 9.17) is 0 Å². The van der Waals surface area contributed by atoms with Crippen LogP contribution < -0.4 is 0 Å². The molecule has 0 aromatic carbocycles. The Morgan fingerprint density at radius 2 is 0.957 bits per heavy atom. The van der Waals surface area contributed by atoms with E-state index in [9.17, 15) is 0 Å². The van der Waals surface area contributed by atoms with Gasteiger partial charge in [0.25, 0.3) is 0 Å². The summed E-state index contributed by atoms with van der Waals surface area (Å²) in [4.78, 5) is 0. The molecule has 0 spiro atoms. The van der Waals surface area contributed by atoms with Gasteiger partial charge < -0.3 is 0 Å². The van der Waals surface area contributed by atoms with Crippen LogP contribution in [-0.2, 0) is 0 Å². The molecule has 1 heteroatoms. The Hall–Kier alpha value is 0.300. The third kappa shape index (κ3) is 4.11. The Morgan fingerprint density at radius 3 is 1.26 bits per heavy atom. The standard InChI is InChI=1S/C22H41P/c1-2-3-19-23(20-13-7-4-8-14-20,21-15-9-5-10-16-21)22-17-11-6-12-18-22/h19-22H,2-18H2,1H3. The molecule has 3 aliphatic rings. The lowest BCUT2D eigenvalue weighted by molar-refractivity contribution is 0.458. The Balaban J connectivity index is 1.95. The second kappa shape index (κ2) is 9.12. The fourth-order valence-electron chi connectivity index (χ4n) is 6.28. The lowest BCUT2D eigenvalue weighted by atomic mass is 9.99. The van der Waals surface area contributed by atoms with Crippen LogP contribution in [0.5, 0.6) is 0 Å². The highest BCUT2D eigenvalue weighted by Gasteiger charge is 2.41. The minimum absolute atomic E-state index is 0.864. The van der Waals surface area contributed by atoms with Gasteiger partial charge in [-0.1, -0.05) is 83.8 Å². The molecule has 3 fully saturated rings. The predicted molar refractivity (Wildman–Crippen MR) is 109 cm³/mol. The van der Waals surface area contributed by atoms with Gasteiger partial charge in [-0.25, -0.2) is 0 Å². The van der Waals surface area contributed by atoms with Gasteiger partial charge in [0.15, 0.2) is 0 Å². The minimum atomic E-state index is -0.864. The van der Waals surface area contributed by atoms with Gasteiger partial charge in [0.05, 0.1) is 0 Å². The van der Waals surface area contributed by atoms with Crippen molar-refractivity contribution in [3.63, 3.8) is 0 Å². The third-order valence-electron chi connectivity index (χ3n) is 7.36. The van der Waals surface area contributed by atoms with Crippen LogP contribution in [0.3, 0.4) is 0 Å². The van der Waals surface area contributed by atoms with Crippen molar-refractivity contribution in [1.29, 1.82) is 0 Å². The summed E-state index contributed by atoms with van der Waals surface area (Å²) in [6, 6.07) is 0. The van der Waals surface area contributed by atoms with Crippen LogP contribution in [-0.4, -0.2) is 22.8 Å². The maximum absolute atomic E-state index is 3.05. The first-order chi connectivity index (χ1) is 11.4. The van der Waals surface area contributed by atoms with E-state index in [-0.39, 0.29) is 0 Å². The van der Waals surface area contributed by atoms with Crippen LogP contribution in [0.15, 0.2) is 0 Å². The fourth-order valence-corrected chi connectivity index (χ4v) is 13.4. The maximum atomic E-state index is 3.05. The minimum Gasteiger partial charge on any atom is -0.1000 e. The second-order valence-corrected chi connectivity index (χ2v) is 13.1. The molecule has 0 amide bonds. The summed E-state index contributed by atoms with van der Waals surface area (Å²) in [5.41, 5.74) is 3.44. The summed E-state index contributed by atoms with van der Waals surface area (Å²) in [7, 11) is 0. The van der Waals surface area contributed by atoms with E-state index in [0.29, 0.717) is 0 Å². The molecule has 0 saturated heterocycles. The van der Waals surface area contributed by atoms with E-state index in [1.54, 1.807) is 77.0 Å². The zero-order valence-electron chi connectivity index (χ0n) is 15.8. The van der Waals surface area contributed by atoms with Crippen molar-refractivity contribution in [3.05, 3.63) is 0 Å². The van der Waals surface area contributed by atoms with Crippen LogP contribution in [0.4, 0.5) is 0 Å². The van der Waals surface area contributed by atoms with Crippen molar-refractivity contribution >= 4 is 12.7 Å². The Labute approximate surface area is 146 Å². The molecule has 3 rings (SSSR count). The molecule has 0 aromatic heterocycles. The molecular weight excluding hydrogens is 295 g/mol. The van der Waals surface area contributed by atoms with E-state index in [1.807, 2.05) is 0 Å². The molecule has 0 aromatic rings. The molecule has 3 saturated carbocycles. The van der Waals surface area contributed by atoms with Crippen molar-refractivity contribution in [1.82, 2.24) is 0 Å². The number of hydrogen-bond donors (Lipinski definition) is 0. The first-order valence-corrected chi connectivity index (χ1v) is 13.2. The van der Waals surface area contributed by atoms with Gasteiger partial charge >= 0.3 is 0 Å². The summed E-state index contributed by atoms with van der Waals surface area (Å²) in [6.07, 6.45) is 26.3. The second-order valence-electron chi connectivity index (χ2n) is 8.74. The zero-order valence-corrected chi connectivity index (χ0v) is 16.7. The highest BCUT2D eigenvalue weighted by Crippen LogP contribution is 2.69. The van der Waals surface area contributed by atoms with Crippen LogP contribution in [0.1, 0.15) is 116 Å². The molecule has 0 unspecified atom stereocenters. The first-order valence-electron chi connectivity index (χ1n) is 11.1. The molecule has 0 aliphatic heterocycles. The molecule has 0 atom stereocenters. The highest BCUT2D eigenvalue weighted by molar-refractivity contribution is 7.76. The van der Waals surface area contributed by atoms with Gasteiger partial charge in [0.1, 0.15) is 0 Å². The van der Waals surface area contributed by atoms with E-state index in [2.05, 4.69) is 12.7 Å². The summed E-state index contributed by atoms with van der Waals surface area (Å²) >= 11 is 0. The number of rotatable bonds is 5. The SMILES string of the molecule is CCCC=P(C1CCCCC1)(C1CCCCC1)C1CCCCC1. The monoisotopic (exact) mass is 336 g/mol. The first kappa shape index (κ1) is 18.1. The van der Waals surface area contributed by atoms with Crippen LogP contribution in [0, 0.1) is 0 Å². The maximum Gasteiger partial charge on any atom is -0.0208 e. The van der Waals surface area contributed by atoms with Crippen molar-refractivity contribution in [3.8, 4) is 0 Å². The van der Waals surface area contributed by atoms with Crippen LogP contribution in [0.2, 0.25) is 0 Å². The highest BCUT2D eigenvalue weighted by atomic mass is 31.2. The van der Waals surface area contributed by atoms with Gasteiger partial charge in [-0.15, -0.1) is 0 Å². The molecule has 0 N–H and O–H groups in total. The Kier molecular flexibility index (Phi) is 7.18. The molecule has 0 bridgehead atoms.